The Bertz CT molecular complexity index is 1070. The molecule has 2 N–H and O–H groups in total. The summed E-state index contributed by atoms with van der Waals surface area (Å²) in [6.07, 6.45) is 1.52. The molecule has 0 aliphatic heterocycles. The molecule has 0 radical (unpaired) electrons. The van der Waals surface area contributed by atoms with Crippen molar-refractivity contribution in [1.82, 2.24) is 5.43 Å². The number of carbonyl (C=O) groups excluding carboxylic acids is 2. The van der Waals surface area contributed by atoms with Gasteiger partial charge in [0.15, 0.2) is 0 Å². The Morgan fingerprint density at radius 2 is 1.76 bits per heavy atom. The number of benzene rings is 3. The highest BCUT2D eigenvalue weighted by Crippen LogP contribution is 2.18. The van der Waals surface area contributed by atoms with Gasteiger partial charge in [-0.2, -0.15) is 5.10 Å². The Morgan fingerprint density at radius 1 is 0.966 bits per heavy atom. The van der Waals surface area contributed by atoms with Crippen molar-refractivity contribution in [3.63, 3.8) is 0 Å². The zero-order valence-electron chi connectivity index (χ0n) is 15.6. The van der Waals surface area contributed by atoms with Gasteiger partial charge >= 0.3 is 0 Å². The first-order valence-corrected chi connectivity index (χ1v) is 9.08. The Morgan fingerprint density at radius 3 is 2.55 bits per heavy atom. The quantitative estimate of drug-likeness (QED) is 0.470. The van der Waals surface area contributed by atoms with E-state index in [0.29, 0.717) is 27.6 Å². The molecule has 0 atom stereocenters. The minimum Gasteiger partial charge on any atom is -0.497 e. The molecule has 6 nitrogen and oxygen atoms in total. The van der Waals surface area contributed by atoms with E-state index >= 15 is 0 Å². The first kappa shape index (κ1) is 20.1. The van der Waals surface area contributed by atoms with Gasteiger partial charge in [0.05, 0.1) is 23.9 Å². The summed E-state index contributed by atoms with van der Waals surface area (Å²) in [6.45, 7) is 0. The molecule has 2 amide bonds. The SMILES string of the molecule is COc1cccc(/C=N/NC(=O)c2cccc(NC(=O)c3ccccc3Cl)c2)c1. The highest BCUT2D eigenvalue weighted by atomic mass is 35.5. The number of ether oxygens (including phenoxy) is 1. The number of rotatable bonds is 6. The Balaban J connectivity index is 1.65. The second-order valence-electron chi connectivity index (χ2n) is 5.99. The van der Waals surface area contributed by atoms with Crippen LogP contribution in [-0.2, 0) is 0 Å². The van der Waals surface area contributed by atoms with E-state index in [0.717, 1.165) is 5.56 Å². The third-order valence-electron chi connectivity index (χ3n) is 3.97. The number of carbonyl (C=O) groups is 2. The van der Waals surface area contributed by atoms with Crippen molar-refractivity contribution >= 4 is 35.3 Å². The van der Waals surface area contributed by atoms with Gasteiger partial charge in [-0.15, -0.1) is 0 Å². The summed E-state index contributed by atoms with van der Waals surface area (Å²) in [5.74, 6) is -0.0653. The lowest BCUT2D eigenvalue weighted by atomic mass is 10.1. The van der Waals surface area contributed by atoms with Crippen LogP contribution >= 0.6 is 11.6 Å². The second-order valence-corrected chi connectivity index (χ2v) is 6.40. The van der Waals surface area contributed by atoms with E-state index in [2.05, 4.69) is 15.8 Å². The number of hydrogen-bond acceptors (Lipinski definition) is 4. The van der Waals surface area contributed by atoms with Crippen molar-refractivity contribution in [3.05, 3.63) is 94.5 Å². The molecule has 0 aliphatic carbocycles. The maximum Gasteiger partial charge on any atom is 0.271 e. The molecule has 0 fully saturated rings. The fraction of sp³-hybridized carbons (Fsp3) is 0.0455. The maximum absolute atomic E-state index is 12.4. The molecule has 3 aromatic rings. The summed E-state index contributed by atoms with van der Waals surface area (Å²) in [5.41, 5.74) is 4.42. The monoisotopic (exact) mass is 407 g/mol. The normalized spacial score (nSPS) is 10.6. The number of halogens is 1. The van der Waals surface area contributed by atoms with E-state index in [9.17, 15) is 9.59 Å². The van der Waals surface area contributed by atoms with Gasteiger partial charge in [-0.3, -0.25) is 9.59 Å². The number of nitrogens with zero attached hydrogens (tertiary/aromatic N) is 1. The van der Waals surface area contributed by atoms with Gasteiger partial charge < -0.3 is 10.1 Å². The molecule has 0 spiro atoms. The molecule has 3 aromatic carbocycles. The average Bonchev–Trinajstić information content (AvgIpc) is 2.74. The lowest BCUT2D eigenvalue weighted by Crippen LogP contribution is -2.18. The Labute approximate surface area is 173 Å². The van der Waals surface area contributed by atoms with Gasteiger partial charge in [0, 0.05) is 11.3 Å². The molecule has 7 heteroatoms. The largest absolute Gasteiger partial charge is 0.497 e. The van der Waals surface area contributed by atoms with Gasteiger partial charge in [0.2, 0.25) is 0 Å². The highest BCUT2D eigenvalue weighted by Gasteiger charge is 2.11. The third-order valence-corrected chi connectivity index (χ3v) is 4.30. The summed E-state index contributed by atoms with van der Waals surface area (Å²) in [6, 6.07) is 20.6. The van der Waals surface area contributed by atoms with Crippen molar-refractivity contribution in [2.75, 3.05) is 12.4 Å². The lowest BCUT2D eigenvalue weighted by molar-refractivity contribution is 0.0953. The minimum absolute atomic E-state index is 0.352. The van der Waals surface area contributed by atoms with Crippen molar-refractivity contribution in [1.29, 1.82) is 0 Å². The van der Waals surface area contributed by atoms with E-state index in [-0.39, 0.29) is 5.91 Å². The predicted octanol–water partition coefficient (Wildman–Crippen LogP) is 4.36. The predicted molar refractivity (Wildman–Crippen MR) is 114 cm³/mol. The molecule has 0 saturated carbocycles. The fourth-order valence-electron chi connectivity index (χ4n) is 2.53. The van der Waals surface area contributed by atoms with E-state index in [1.807, 2.05) is 18.2 Å². The molecule has 0 aromatic heterocycles. The molecule has 0 bridgehead atoms. The zero-order chi connectivity index (χ0) is 20.6. The van der Waals surface area contributed by atoms with Crippen LogP contribution in [0.3, 0.4) is 0 Å². The molecule has 3 rings (SSSR count). The zero-order valence-corrected chi connectivity index (χ0v) is 16.3. The van der Waals surface area contributed by atoms with Crippen LogP contribution < -0.4 is 15.5 Å². The van der Waals surface area contributed by atoms with Gasteiger partial charge in [-0.1, -0.05) is 41.9 Å². The van der Waals surface area contributed by atoms with E-state index < -0.39 is 5.91 Å². The van der Waals surface area contributed by atoms with Crippen molar-refractivity contribution < 1.29 is 14.3 Å². The van der Waals surface area contributed by atoms with Crippen LogP contribution in [0.4, 0.5) is 5.69 Å². The van der Waals surface area contributed by atoms with Crippen molar-refractivity contribution in [2.45, 2.75) is 0 Å². The number of amides is 2. The summed E-state index contributed by atoms with van der Waals surface area (Å²) in [7, 11) is 1.58. The van der Waals surface area contributed by atoms with Crippen LogP contribution in [0.25, 0.3) is 0 Å². The lowest BCUT2D eigenvalue weighted by Gasteiger charge is -2.08. The number of anilines is 1. The smallest absolute Gasteiger partial charge is 0.271 e. The average molecular weight is 408 g/mol. The van der Waals surface area contributed by atoms with Gasteiger partial charge in [-0.05, 0) is 48.0 Å². The maximum atomic E-state index is 12.4. The molecule has 0 unspecified atom stereocenters. The van der Waals surface area contributed by atoms with Gasteiger partial charge in [0.1, 0.15) is 5.75 Å². The number of nitrogens with one attached hydrogen (secondary N) is 2. The highest BCUT2D eigenvalue weighted by molar-refractivity contribution is 6.34. The minimum atomic E-state index is -0.405. The van der Waals surface area contributed by atoms with Gasteiger partial charge in [-0.25, -0.2) is 5.43 Å². The second kappa shape index (κ2) is 9.52. The van der Waals surface area contributed by atoms with E-state index in [4.69, 9.17) is 16.3 Å². The fourth-order valence-corrected chi connectivity index (χ4v) is 2.76. The molecule has 29 heavy (non-hydrogen) atoms. The van der Waals surface area contributed by atoms with Crippen LogP contribution in [0.2, 0.25) is 5.02 Å². The number of hydrazone groups is 1. The summed E-state index contributed by atoms with van der Waals surface area (Å²) in [4.78, 5) is 24.7. The molecule has 0 aliphatic rings. The van der Waals surface area contributed by atoms with E-state index in [1.54, 1.807) is 61.7 Å². The molecular formula is C22H18ClN3O3. The standard InChI is InChI=1S/C22H18ClN3O3/c1-29-18-9-4-6-15(12-18)14-24-26-21(27)16-7-5-8-17(13-16)25-22(28)19-10-2-3-11-20(19)23/h2-14H,1H3,(H,25,28)(H,26,27)/b24-14+. The van der Waals surface area contributed by atoms with Crippen molar-refractivity contribution in [3.8, 4) is 5.75 Å². The molecular weight excluding hydrogens is 390 g/mol. The number of hydrogen-bond donors (Lipinski definition) is 2. The van der Waals surface area contributed by atoms with E-state index in [1.165, 1.54) is 6.21 Å². The van der Waals surface area contributed by atoms with Crippen LogP contribution in [0.5, 0.6) is 5.75 Å². The van der Waals surface area contributed by atoms with Gasteiger partial charge in [0.25, 0.3) is 11.8 Å². The van der Waals surface area contributed by atoms with Crippen molar-refractivity contribution in [2.24, 2.45) is 5.10 Å². The Kier molecular flexibility index (Phi) is 6.60. The molecule has 0 saturated heterocycles. The third kappa shape index (κ3) is 5.43. The van der Waals surface area contributed by atoms with Crippen LogP contribution in [0, 0.1) is 0 Å². The molecule has 0 heterocycles. The summed E-state index contributed by atoms with van der Waals surface area (Å²) in [5, 5.41) is 7.04. The van der Waals surface area contributed by atoms with Crippen LogP contribution in [0.1, 0.15) is 26.3 Å². The first-order chi connectivity index (χ1) is 14.1. The Hall–Kier alpha value is -3.64. The first-order valence-electron chi connectivity index (χ1n) is 8.70. The summed E-state index contributed by atoms with van der Waals surface area (Å²) < 4.78 is 5.14. The number of methoxy groups -OCH3 is 1. The molecule has 146 valence electrons. The summed E-state index contributed by atoms with van der Waals surface area (Å²) >= 11 is 6.05. The topological polar surface area (TPSA) is 79.8 Å². The van der Waals surface area contributed by atoms with Crippen LogP contribution in [0.15, 0.2) is 77.9 Å². The van der Waals surface area contributed by atoms with Crippen LogP contribution in [-0.4, -0.2) is 25.1 Å².